The number of anilines is 1. The number of hydrogen-bond donors (Lipinski definition) is 1. The average Bonchev–Trinajstić information content (AvgIpc) is 2.15. The molecular weight excluding hydrogens is 205 g/mol. The largest absolute Gasteiger partial charge is 0.398 e. The van der Waals surface area contributed by atoms with E-state index in [1.165, 1.54) is 12.1 Å². The van der Waals surface area contributed by atoms with Crippen LogP contribution < -0.4 is 5.73 Å². The van der Waals surface area contributed by atoms with Gasteiger partial charge in [-0.2, -0.15) is 0 Å². The van der Waals surface area contributed by atoms with E-state index in [9.17, 15) is 4.39 Å². The quantitative estimate of drug-likeness (QED) is 0.780. The third-order valence-corrected chi connectivity index (χ3v) is 2.43. The first kappa shape index (κ1) is 13.0. The Kier molecular flexibility index (Phi) is 4.74. The molecule has 2 N–H and O–H groups in total. The van der Waals surface area contributed by atoms with Gasteiger partial charge in [-0.15, -0.1) is 0 Å². The maximum Gasteiger partial charge on any atom is 0.125 e. The molecule has 90 valence electrons. The molecule has 0 heterocycles. The highest BCUT2D eigenvalue weighted by Crippen LogP contribution is 2.16. The Morgan fingerprint density at radius 1 is 1.31 bits per heavy atom. The van der Waals surface area contributed by atoms with E-state index >= 15 is 0 Å². The van der Waals surface area contributed by atoms with E-state index in [0.29, 0.717) is 18.2 Å². The lowest BCUT2D eigenvalue weighted by Gasteiger charge is -2.15. The molecule has 0 aromatic heterocycles. The van der Waals surface area contributed by atoms with Gasteiger partial charge in [-0.05, 0) is 31.4 Å². The molecule has 0 spiro atoms. The van der Waals surface area contributed by atoms with Crippen LogP contribution >= 0.6 is 0 Å². The van der Waals surface area contributed by atoms with Gasteiger partial charge in [0.2, 0.25) is 0 Å². The summed E-state index contributed by atoms with van der Waals surface area (Å²) in [7, 11) is 0. The number of benzene rings is 1. The minimum atomic E-state index is -0.309. The lowest BCUT2D eigenvalue weighted by Crippen LogP contribution is -2.11. The summed E-state index contributed by atoms with van der Waals surface area (Å²) in [5.74, 6) is 0.303. The van der Waals surface area contributed by atoms with Gasteiger partial charge in [-0.3, -0.25) is 0 Å². The molecule has 0 fully saturated rings. The van der Waals surface area contributed by atoms with Gasteiger partial charge >= 0.3 is 0 Å². The zero-order valence-corrected chi connectivity index (χ0v) is 10.2. The van der Waals surface area contributed by atoms with Crippen molar-refractivity contribution in [1.82, 2.24) is 0 Å². The van der Waals surface area contributed by atoms with Gasteiger partial charge in [-0.25, -0.2) is 4.39 Å². The zero-order chi connectivity index (χ0) is 12.1. The van der Waals surface area contributed by atoms with Gasteiger partial charge in [0.15, 0.2) is 0 Å². The predicted octanol–water partition coefficient (Wildman–Crippen LogP) is 3.36. The Bertz CT molecular complexity index is 339. The Labute approximate surface area is 96.6 Å². The third-order valence-electron chi connectivity index (χ3n) is 2.43. The fourth-order valence-corrected chi connectivity index (χ4v) is 1.66. The van der Waals surface area contributed by atoms with Crippen LogP contribution in [0.2, 0.25) is 0 Å². The van der Waals surface area contributed by atoms with Crippen molar-refractivity contribution < 1.29 is 9.13 Å². The summed E-state index contributed by atoms with van der Waals surface area (Å²) in [5, 5.41) is 0. The van der Waals surface area contributed by atoms with Crippen molar-refractivity contribution in [3.8, 4) is 0 Å². The number of hydrogen-bond acceptors (Lipinski definition) is 2. The first-order valence-corrected chi connectivity index (χ1v) is 5.64. The summed E-state index contributed by atoms with van der Waals surface area (Å²) in [6, 6.07) is 4.40. The topological polar surface area (TPSA) is 35.2 Å². The highest BCUT2D eigenvalue weighted by Gasteiger charge is 2.07. The Morgan fingerprint density at radius 3 is 2.56 bits per heavy atom. The Hall–Kier alpha value is -1.09. The van der Waals surface area contributed by atoms with Crippen LogP contribution in [0.5, 0.6) is 0 Å². The Balaban J connectivity index is 2.48. The van der Waals surface area contributed by atoms with Crippen molar-refractivity contribution in [1.29, 1.82) is 0 Å². The molecule has 1 aromatic carbocycles. The molecule has 0 amide bonds. The molecule has 0 saturated carbocycles. The first-order chi connectivity index (χ1) is 7.49. The molecule has 1 atom stereocenters. The highest BCUT2D eigenvalue weighted by molar-refractivity contribution is 5.46. The molecule has 0 bridgehead atoms. The molecule has 0 radical (unpaired) electrons. The standard InChI is InChI=1S/C13H20FNO/c1-9(2)6-10(3)16-8-11-4-5-12(14)7-13(11)15/h4-5,7,9-10H,6,8,15H2,1-3H3. The normalized spacial score (nSPS) is 13.1. The summed E-state index contributed by atoms with van der Waals surface area (Å²) in [5.41, 5.74) is 6.99. The van der Waals surface area contributed by atoms with Crippen LogP contribution in [0.1, 0.15) is 32.8 Å². The summed E-state index contributed by atoms with van der Waals surface area (Å²) in [6.45, 7) is 6.80. The maximum absolute atomic E-state index is 12.8. The van der Waals surface area contributed by atoms with Crippen LogP contribution in [0.25, 0.3) is 0 Å². The summed E-state index contributed by atoms with van der Waals surface area (Å²) >= 11 is 0. The second kappa shape index (κ2) is 5.85. The monoisotopic (exact) mass is 225 g/mol. The molecular formula is C13H20FNO. The molecule has 0 aliphatic heterocycles. The SMILES string of the molecule is CC(C)CC(C)OCc1ccc(F)cc1N. The van der Waals surface area contributed by atoms with Crippen LogP contribution in [0.15, 0.2) is 18.2 Å². The molecule has 3 heteroatoms. The fraction of sp³-hybridized carbons (Fsp3) is 0.538. The van der Waals surface area contributed by atoms with Crippen LogP contribution in [-0.2, 0) is 11.3 Å². The van der Waals surface area contributed by atoms with Gasteiger partial charge in [-0.1, -0.05) is 19.9 Å². The molecule has 0 aliphatic rings. The molecule has 1 aromatic rings. The van der Waals surface area contributed by atoms with Crippen molar-refractivity contribution in [2.45, 2.75) is 39.9 Å². The van der Waals surface area contributed by atoms with Crippen molar-refractivity contribution >= 4 is 5.69 Å². The molecule has 1 rings (SSSR count). The smallest absolute Gasteiger partial charge is 0.125 e. The van der Waals surface area contributed by atoms with Crippen LogP contribution in [-0.4, -0.2) is 6.10 Å². The number of rotatable bonds is 5. The predicted molar refractivity (Wildman–Crippen MR) is 64.5 cm³/mol. The number of nitrogens with two attached hydrogens (primary N) is 1. The van der Waals surface area contributed by atoms with E-state index in [-0.39, 0.29) is 11.9 Å². The second-order valence-electron chi connectivity index (χ2n) is 4.59. The molecule has 0 saturated heterocycles. The Morgan fingerprint density at radius 2 is 2.00 bits per heavy atom. The third kappa shape index (κ3) is 4.19. The average molecular weight is 225 g/mol. The van der Waals surface area contributed by atoms with Crippen LogP contribution in [0, 0.1) is 11.7 Å². The van der Waals surface area contributed by atoms with E-state index < -0.39 is 0 Å². The molecule has 2 nitrogen and oxygen atoms in total. The van der Waals surface area contributed by atoms with Gasteiger partial charge in [0, 0.05) is 11.3 Å². The van der Waals surface area contributed by atoms with E-state index in [1.807, 2.05) is 6.92 Å². The van der Waals surface area contributed by atoms with E-state index in [0.717, 1.165) is 12.0 Å². The maximum atomic E-state index is 12.8. The lowest BCUT2D eigenvalue weighted by atomic mass is 10.1. The van der Waals surface area contributed by atoms with E-state index in [4.69, 9.17) is 10.5 Å². The van der Waals surface area contributed by atoms with Crippen molar-refractivity contribution in [2.75, 3.05) is 5.73 Å². The van der Waals surface area contributed by atoms with Gasteiger partial charge in [0.1, 0.15) is 5.82 Å². The second-order valence-corrected chi connectivity index (χ2v) is 4.59. The molecule has 0 aliphatic carbocycles. The van der Waals surface area contributed by atoms with Crippen molar-refractivity contribution in [2.24, 2.45) is 5.92 Å². The lowest BCUT2D eigenvalue weighted by molar-refractivity contribution is 0.0400. The van der Waals surface area contributed by atoms with Crippen molar-refractivity contribution in [3.05, 3.63) is 29.6 Å². The zero-order valence-electron chi connectivity index (χ0n) is 10.2. The fourth-order valence-electron chi connectivity index (χ4n) is 1.66. The van der Waals surface area contributed by atoms with Gasteiger partial charge in [0.05, 0.1) is 12.7 Å². The van der Waals surface area contributed by atoms with Crippen LogP contribution in [0.3, 0.4) is 0 Å². The minimum Gasteiger partial charge on any atom is -0.398 e. The first-order valence-electron chi connectivity index (χ1n) is 5.64. The van der Waals surface area contributed by atoms with E-state index in [1.54, 1.807) is 6.07 Å². The number of nitrogen functional groups attached to an aromatic ring is 1. The number of ether oxygens (including phenoxy) is 1. The summed E-state index contributed by atoms with van der Waals surface area (Å²) in [6.07, 6.45) is 1.21. The number of halogens is 1. The van der Waals surface area contributed by atoms with Crippen molar-refractivity contribution in [3.63, 3.8) is 0 Å². The van der Waals surface area contributed by atoms with Crippen LogP contribution in [0.4, 0.5) is 10.1 Å². The van der Waals surface area contributed by atoms with Gasteiger partial charge in [0.25, 0.3) is 0 Å². The van der Waals surface area contributed by atoms with Gasteiger partial charge < -0.3 is 10.5 Å². The summed E-state index contributed by atoms with van der Waals surface area (Å²) in [4.78, 5) is 0. The minimum absolute atomic E-state index is 0.199. The van der Waals surface area contributed by atoms with E-state index in [2.05, 4.69) is 13.8 Å². The highest BCUT2D eigenvalue weighted by atomic mass is 19.1. The molecule has 1 unspecified atom stereocenters. The summed E-state index contributed by atoms with van der Waals surface area (Å²) < 4.78 is 18.5. The molecule has 16 heavy (non-hydrogen) atoms.